The molecule has 0 spiro atoms. The zero-order valence-electron chi connectivity index (χ0n) is 7.92. The molecule has 0 aromatic heterocycles. The number of ether oxygens (including phenoxy) is 2. The Morgan fingerprint density at radius 1 is 1.60 bits per heavy atom. The van der Waals surface area contributed by atoms with Crippen molar-refractivity contribution in [2.45, 2.75) is 0 Å². The van der Waals surface area contributed by atoms with E-state index in [0.717, 1.165) is 0 Å². The zero-order valence-corrected chi connectivity index (χ0v) is 8.68. The van der Waals surface area contributed by atoms with E-state index in [4.69, 9.17) is 16.3 Å². The van der Waals surface area contributed by atoms with E-state index in [9.17, 15) is 9.18 Å². The third kappa shape index (κ3) is 3.28. The number of carbonyl (C=O) groups excluding carboxylic acids is 1. The number of carbonyl (C=O) groups is 1. The van der Waals surface area contributed by atoms with E-state index in [-0.39, 0.29) is 11.8 Å². The van der Waals surface area contributed by atoms with E-state index in [1.165, 1.54) is 25.3 Å². The third-order valence-electron chi connectivity index (χ3n) is 1.58. The molecule has 82 valence electrons. The molecule has 0 unspecified atom stereocenters. The molecular weight excluding hydrogens is 225 g/mol. The van der Waals surface area contributed by atoms with Crippen LogP contribution in [0.2, 0.25) is 0 Å². The van der Waals surface area contributed by atoms with Gasteiger partial charge in [0, 0.05) is 11.8 Å². The van der Waals surface area contributed by atoms with Crippen LogP contribution in [-0.4, -0.2) is 19.3 Å². The summed E-state index contributed by atoms with van der Waals surface area (Å²) < 4.78 is 22.1. The van der Waals surface area contributed by atoms with Crippen LogP contribution >= 0.6 is 11.6 Å². The van der Waals surface area contributed by atoms with Crippen LogP contribution in [-0.2, 0) is 4.74 Å². The van der Waals surface area contributed by atoms with Gasteiger partial charge in [0.1, 0.15) is 0 Å². The third-order valence-corrected chi connectivity index (χ3v) is 1.69. The first-order valence-electron chi connectivity index (χ1n) is 4.00. The van der Waals surface area contributed by atoms with Crippen molar-refractivity contribution < 1.29 is 18.7 Å². The van der Waals surface area contributed by atoms with Crippen molar-refractivity contribution >= 4 is 23.4 Å². The largest absolute Gasteiger partial charge is 0.494 e. The number of nitrogens with one attached hydrogen (secondary N) is 1. The summed E-state index contributed by atoms with van der Waals surface area (Å²) >= 11 is 5.18. The highest BCUT2D eigenvalue weighted by Crippen LogP contribution is 2.21. The van der Waals surface area contributed by atoms with Gasteiger partial charge in [-0.1, -0.05) is 11.6 Å². The topological polar surface area (TPSA) is 47.6 Å². The fraction of sp³-hybridized carbons (Fsp3) is 0.222. The summed E-state index contributed by atoms with van der Waals surface area (Å²) in [7, 11) is 1.33. The van der Waals surface area contributed by atoms with Gasteiger partial charge in [0.2, 0.25) is 0 Å². The van der Waals surface area contributed by atoms with Gasteiger partial charge in [0.15, 0.2) is 17.6 Å². The second kappa shape index (κ2) is 5.41. The van der Waals surface area contributed by atoms with Crippen LogP contribution < -0.4 is 10.1 Å². The predicted molar refractivity (Wildman–Crippen MR) is 53.8 cm³/mol. The van der Waals surface area contributed by atoms with Gasteiger partial charge in [-0.2, -0.15) is 0 Å². The van der Waals surface area contributed by atoms with Gasteiger partial charge in [-0.3, -0.25) is 5.32 Å². The lowest BCUT2D eigenvalue weighted by atomic mass is 10.3. The Morgan fingerprint density at radius 3 is 2.93 bits per heavy atom. The highest BCUT2D eigenvalue weighted by molar-refractivity contribution is 6.17. The summed E-state index contributed by atoms with van der Waals surface area (Å²) in [4.78, 5) is 10.9. The van der Waals surface area contributed by atoms with Crippen LogP contribution in [0.3, 0.4) is 0 Å². The first-order chi connectivity index (χ1) is 7.17. The van der Waals surface area contributed by atoms with Gasteiger partial charge in [0.25, 0.3) is 0 Å². The van der Waals surface area contributed by atoms with E-state index in [1.807, 2.05) is 0 Å². The molecule has 1 aromatic carbocycles. The van der Waals surface area contributed by atoms with E-state index >= 15 is 0 Å². The maximum Gasteiger partial charge on any atom is 0.412 e. The lowest BCUT2D eigenvalue weighted by Gasteiger charge is -2.06. The maximum atomic E-state index is 13.0. The molecular formula is C9H9ClFNO3. The molecule has 1 amide bonds. The van der Waals surface area contributed by atoms with Crippen LogP contribution in [0.4, 0.5) is 14.9 Å². The minimum Gasteiger partial charge on any atom is -0.494 e. The van der Waals surface area contributed by atoms with Gasteiger partial charge in [-0.25, -0.2) is 9.18 Å². The number of hydrogen-bond donors (Lipinski definition) is 1. The molecule has 1 aromatic rings. The zero-order chi connectivity index (χ0) is 11.3. The molecule has 0 saturated heterocycles. The SMILES string of the molecule is COc1cc(NC(=O)OCCl)ccc1F. The Balaban J connectivity index is 2.74. The van der Waals surface area contributed by atoms with Crippen molar-refractivity contribution in [3.63, 3.8) is 0 Å². The van der Waals surface area contributed by atoms with E-state index in [1.54, 1.807) is 0 Å². The first-order valence-corrected chi connectivity index (χ1v) is 4.54. The number of alkyl halides is 1. The standard InChI is InChI=1S/C9H9ClFNO3/c1-14-8-4-6(2-3-7(8)11)12-9(13)15-5-10/h2-4H,5H2,1H3,(H,12,13). The maximum absolute atomic E-state index is 13.0. The Morgan fingerprint density at radius 2 is 2.33 bits per heavy atom. The molecule has 0 radical (unpaired) electrons. The normalized spacial score (nSPS) is 9.53. The average molecular weight is 234 g/mol. The minimum absolute atomic E-state index is 0.0404. The Bertz CT molecular complexity index is 359. The molecule has 0 saturated carbocycles. The van der Waals surface area contributed by atoms with Crippen molar-refractivity contribution in [2.75, 3.05) is 18.5 Å². The van der Waals surface area contributed by atoms with Crippen molar-refractivity contribution in [3.8, 4) is 5.75 Å². The molecule has 0 bridgehead atoms. The highest BCUT2D eigenvalue weighted by atomic mass is 35.5. The van der Waals surface area contributed by atoms with Gasteiger partial charge >= 0.3 is 6.09 Å². The van der Waals surface area contributed by atoms with Crippen molar-refractivity contribution in [1.82, 2.24) is 0 Å². The Labute approximate surface area is 90.9 Å². The van der Waals surface area contributed by atoms with Gasteiger partial charge in [0.05, 0.1) is 7.11 Å². The number of rotatable bonds is 3. The highest BCUT2D eigenvalue weighted by Gasteiger charge is 2.06. The Kier molecular flexibility index (Phi) is 4.17. The van der Waals surface area contributed by atoms with Crippen molar-refractivity contribution in [2.24, 2.45) is 0 Å². The monoisotopic (exact) mass is 233 g/mol. The molecule has 0 aliphatic heterocycles. The number of benzene rings is 1. The molecule has 0 heterocycles. The lowest BCUT2D eigenvalue weighted by Crippen LogP contribution is -2.12. The summed E-state index contributed by atoms with van der Waals surface area (Å²) in [6.07, 6.45) is -0.710. The summed E-state index contributed by atoms with van der Waals surface area (Å²) in [5.41, 5.74) is 0.364. The number of methoxy groups -OCH3 is 1. The minimum atomic E-state index is -0.710. The van der Waals surface area contributed by atoms with Crippen LogP contribution in [0.15, 0.2) is 18.2 Å². The van der Waals surface area contributed by atoms with Crippen LogP contribution in [0.5, 0.6) is 5.75 Å². The summed E-state index contributed by atoms with van der Waals surface area (Å²) in [6.45, 7) is 0. The fourth-order valence-electron chi connectivity index (χ4n) is 0.941. The number of hydrogen-bond acceptors (Lipinski definition) is 3. The summed E-state index contributed by atoms with van der Waals surface area (Å²) in [5, 5.41) is 2.35. The first kappa shape index (κ1) is 11.6. The quantitative estimate of drug-likeness (QED) is 0.817. The van der Waals surface area contributed by atoms with Crippen LogP contribution in [0.25, 0.3) is 0 Å². The fourth-order valence-corrected chi connectivity index (χ4v) is 1.04. The molecule has 0 aliphatic rings. The number of anilines is 1. The van der Waals surface area contributed by atoms with E-state index < -0.39 is 11.9 Å². The molecule has 1 rings (SSSR count). The van der Waals surface area contributed by atoms with Crippen molar-refractivity contribution in [3.05, 3.63) is 24.0 Å². The number of halogens is 2. The second-order valence-corrected chi connectivity index (χ2v) is 2.73. The van der Waals surface area contributed by atoms with Crippen LogP contribution in [0, 0.1) is 5.82 Å². The van der Waals surface area contributed by atoms with Gasteiger partial charge in [-0.05, 0) is 12.1 Å². The lowest BCUT2D eigenvalue weighted by molar-refractivity contribution is 0.180. The van der Waals surface area contributed by atoms with Gasteiger partial charge in [-0.15, -0.1) is 0 Å². The molecule has 15 heavy (non-hydrogen) atoms. The molecule has 6 heteroatoms. The molecule has 1 N–H and O–H groups in total. The number of amides is 1. The van der Waals surface area contributed by atoms with E-state index in [0.29, 0.717) is 5.69 Å². The summed E-state index contributed by atoms with van der Waals surface area (Å²) in [5.74, 6) is -0.465. The second-order valence-electron chi connectivity index (χ2n) is 2.52. The Hall–Kier alpha value is -1.49. The summed E-state index contributed by atoms with van der Waals surface area (Å²) in [6, 6.07) is 3.65. The molecule has 4 nitrogen and oxygen atoms in total. The predicted octanol–water partition coefficient (Wildman–Crippen LogP) is 2.58. The van der Waals surface area contributed by atoms with Gasteiger partial charge < -0.3 is 9.47 Å². The molecule has 0 atom stereocenters. The van der Waals surface area contributed by atoms with E-state index in [2.05, 4.69) is 10.1 Å². The van der Waals surface area contributed by atoms with Crippen LogP contribution in [0.1, 0.15) is 0 Å². The smallest absolute Gasteiger partial charge is 0.412 e. The molecule has 0 fully saturated rings. The average Bonchev–Trinajstić information content (AvgIpc) is 2.21. The molecule has 0 aliphatic carbocycles. The van der Waals surface area contributed by atoms with Crippen molar-refractivity contribution in [1.29, 1.82) is 0 Å².